The summed E-state index contributed by atoms with van der Waals surface area (Å²) in [5.74, 6) is 0.996. The molecule has 0 nitrogen and oxygen atoms in total. The summed E-state index contributed by atoms with van der Waals surface area (Å²) in [5.41, 5.74) is 0. The molecule has 0 N–H and O–H groups in total. The van der Waals surface area contributed by atoms with Crippen molar-refractivity contribution in [1.29, 1.82) is 0 Å². The van der Waals surface area contributed by atoms with E-state index in [0.717, 1.165) is 5.92 Å². The van der Waals surface area contributed by atoms with Gasteiger partial charge in [0.1, 0.15) is 0 Å². The van der Waals surface area contributed by atoms with Gasteiger partial charge in [-0.05, 0) is 0 Å². The molecule has 0 spiro atoms. The standard InChI is InChI=1S/C11H15Se.F6P/c1-10-7-8-12(9-10)11-5-3-2-4-6-11;1-7(2,3,4,5)6/h2-6,10H,7-9H2,1H3;/q+1;-1. The van der Waals surface area contributed by atoms with Gasteiger partial charge >= 0.3 is 112 Å². The van der Waals surface area contributed by atoms with Gasteiger partial charge in [-0.3, -0.25) is 0 Å². The molecular weight excluding hydrogens is 356 g/mol. The third-order valence-corrected chi connectivity index (χ3v) is 7.96. The summed E-state index contributed by atoms with van der Waals surface area (Å²) < 4.78 is 60.9. The Balaban J connectivity index is 0.000000224. The fourth-order valence-electron chi connectivity index (χ4n) is 1.68. The molecule has 2 rings (SSSR count). The summed E-state index contributed by atoms with van der Waals surface area (Å²) in [6.07, 6.45) is 1.47. The molecule has 1 aliphatic heterocycles. The second-order valence-electron chi connectivity index (χ2n) is 4.53. The molecular formula is C11H15F6PSe. The van der Waals surface area contributed by atoms with Crippen molar-refractivity contribution in [3.63, 3.8) is 0 Å². The van der Waals surface area contributed by atoms with Crippen LogP contribution in [0.5, 0.6) is 0 Å². The van der Waals surface area contributed by atoms with E-state index < -0.39 is 7.81 Å². The van der Waals surface area contributed by atoms with Gasteiger partial charge in [-0.25, -0.2) is 0 Å². The molecule has 0 saturated carbocycles. The van der Waals surface area contributed by atoms with Gasteiger partial charge in [-0.2, -0.15) is 0 Å². The van der Waals surface area contributed by atoms with Gasteiger partial charge in [-0.1, -0.05) is 0 Å². The van der Waals surface area contributed by atoms with E-state index in [4.69, 9.17) is 0 Å². The summed E-state index contributed by atoms with van der Waals surface area (Å²) >= 11 is -0.363. The van der Waals surface area contributed by atoms with E-state index in [9.17, 15) is 25.2 Å². The minimum absolute atomic E-state index is 0.363. The van der Waals surface area contributed by atoms with Crippen LogP contribution in [0, 0.1) is 5.92 Å². The SMILES string of the molecule is CC1CC[Se+](c2ccccc2)C1.F[P-](F)(F)(F)(F)F. The second kappa shape index (κ2) is 4.94. The van der Waals surface area contributed by atoms with Crippen LogP contribution in [0.2, 0.25) is 10.6 Å². The van der Waals surface area contributed by atoms with Crippen LogP contribution in [-0.2, 0) is 0 Å². The molecule has 1 aromatic rings. The van der Waals surface area contributed by atoms with Gasteiger partial charge in [0.2, 0.25) is 0 Å². The number of halogens is 6. The van der Waals surface area contributed by atoms with Crippen molar-refractivity contribution < 1.29 is 25.2 Å². The van der Waals surface area contributed by atoms with Gasteiger partial charge in [0.05, 0.1) is 0 Å². The van der Waals surface area contributed by atoms with Crippen molar-refractivity contribution in [3.05, 3.63) is 30.3 Å². The van der Waals surface area contributed by atoms with Gasteiger partial charge in [0.25, 0.3) is 0 Å². The molecule has 1 heterocycles. The Kier molecular flexibility index (Phi) is 4.37. The van der Waals surface area contributed by atoms with Crippen molar-refractivity contribution in [2.24, 2.45) is 5.92 Å². The predicted molar refractivity (Wildman–Crippen MR) is 68.8 cm³/mol. The van der Waals surface area contributed by atoms with Crippen LogP contribution in [-0.4, -0.2) is 13.9 Å². The third kappa shape index (κ3) is 10.2. The topological polar surface area (TPSA) is 0 Å². The first-order valence-electron chi connectivity index (χ1n) is 5.60. The average Bonchev–Trinajstić information content (AvgIpc) is 2.61. The van der Waals surface area contributed by atoms with Gasteiger partial charge in [0.15, 0.2) is 0 Å². The van der Waals surface area contributed by atoms with Crippen molar-refractivity contribution in [2.75, 3.05) is 0 Å². The molecule has 0 bridgehead atoms. The predicted octanol–water partition coefficient (Wildman–Crippen LogP) is 5.81. The van der Waals surface area contributed by atoms with Crippen LogP contribution < -0.4 is 4.46 Å². The average molecular weight is 371 g/mol. The van der Waals surface area contributed by atoms with Crippen LogP contribution >= 0.6 is 7.81 Å². The van der Waals surface area contributed by atoms with E-state index >= 15 is 0 Å². The van der Waals surface area contributed by atoms with E-state index in [-0.39, 0.29) is 13.9 Å². The van der Waals surface area contributed by atoms with Crippen LogP contribution in [0.15, 0.2) is 30.3 Å². The first-order valence-corrected chi connectivity index (χ1v) is 10.9. The first kappa shape index (κ1) is 16.8. The molecule has 19 heavy (non-hydrogen) atoms. The molecule has 1 aliphatic rings. The zero-order chi connectivity index (χ0) is 14.8. The maximum absolute atomic E-state index is 10.7. The maximum atomic E-state index is 9.87. The second-order valence-corrected chi connectivity index (χ2v) is 11.1. The molecule has 0 aliphatic carbocycles. The minimum atomic E-state index is -10.7. The van der Waals surface area contributed by atoms with E-state index in [0.29, 0.717) is 0 Å². The molecule has 2 unspecified atom stereocenters. The Morgan fingerprint density at radius 2 is 1.47 bits per heavy atom. The molecule has 1 aromatic carbocycles. The quantitative estimate of drug-likeness (QED) is 0.332. The van der Waals surface area contributed by atoms with Crippen molar-refractivity contribution in [2.45, 2.75) is 24.0 Å². The van der Waals surface area contributed by atoms with Crippen LogP contribution in [0.3, 0.4) is 0 Å². The van der Waals surface area contributed by atoms with Gasteiger partial charge in [0, 0.05) is 0 Å². The summed E-state index contributed by atoms with van der Waals surface area (Å²) in [7, 11) is -10.7. The zero-order valence-corrected chi connectivity index (χ0v) is 12.8. The van der Waals surface area contributed by atoms with Crippen molar-refractivity contribution in [3.8, 4) is 0 Å². The number of rotatable bonds is 1. The molecule has 112 valence electrons. The molecule has 0 amide bonds. The van der Waals surface area contributed by atoms with Crippen LogP contribution in [0.1, 0.15) is 13.3 Å². The van der Waals surface area contributed by atoms with E-state index in [1.807, 2.05) is 0 Å². The summed E-state index contributed by atoms with van der Waals surface area (Å²) in [5, 5.41) is 3.04. The Hall–Kier alpha value is -0.251. The van der Waals surface area contributed by atoms with E-state index in [1.54, 1.807) is 4.46 Å². The van der Waals surface area contributed by atoms with E-state index in [1.165, 1.54) is 17.1 Å². The Morgan fingerprint density at radius 1 is 1.00 bits per heavy atom. The zero-order valence-electron chi connectivity index (χ0n) is 10.2. The number of benzene rings is 1. The Labute approximate surface area is 112 Å². The molecule has 0 radical (unpaired) electrons. The molecule has 1 saturated heterocycles. The van der Waals surface area contributed by atoms with Gasteiger partial charge in [-0.15, -0.1) is 0 Å². The first-order chi connectivity index (χ1) is 8.31. The van der Waals surface area contributed by atoms with Crippen molar-refractivity contribution >= 4 is 26.2 Å². The molecule has 1 fully saturated rings. The molecule has 8 heteroatoms. The van der Waals surface area contributed by atoms with Crippen molar-refractivity contribution in [1.82, 2.24) is 0 Å². The third-order valence-electron chi connectivity index (χ3n) is 2.42. The van der Waals surface area contributed by atoms with E-state index in [2.05, 4.69) is 37.3 Å². The Morgan fingerprint density at radius 3 is 1.84 bits per heavy atom. The van der Waals surface area contributed by atoms with Gasteiger partial charge < -0.3 is 0 Å². The van der Waals surface area contributed by atoms with Crippen LogP contribution in [0.4, 0.5) is 25.2 Å². The van der Waals surface area contributed by atoms with Crippen LogP contribution in [0.25, 0.3) is 0 Å². The fourth-order valence-corrected chi connectivity index (χ4v) is 7.30. The summed E-state index contributed by atoms with van der Waals surface area (Å²) in [6.45, 7) is 2.40. The monoisotopic (exact) mass is 372 g/mol. The summed E-state index contributed by atoms with van der Waals surface area (Å²) in [4.78, 5) is 0. The molecule has 0 aromatic heterocycles. The Bertz CT molecular complexity index is 403. The number of hydrogen-bond donors (Lipinski definition) is 0. The normalized spacial score (nSPS) is 26.9. The number of hydrogen-bond acceptors (Lipinski definition) is 0. The molecule has 2 atom stereocenters. The fraction of sp³-hybridized carbons (Fsp3) is 0.455. The summed E-state index contributed by atoms with van der Waals surface area (Å²) in [6, 6.07) is 11.1.